The summed E-state index contributed by atoms with van der Waals surface area (Å²) in [4.78, 5) is 2.74. The third kappa shape index (κ3) is 9.61. The number of halogens is 2. The number of aromatic amines is 1. The van der Waals surface area contributed by atoms with Crippen LogP contribution in [0.15, 0.2) is 42.6 Å². The van der Waals surface area contributed by atoms with Gasteiger partial charge in [-0.2, -0.15) is 36.0 Å². The second-order valence-corrected chi connectivity index (χ2v) is 4.24. The summed E-state index contributed by atoms with van der Waals surface area (Å²) in [5.41, 5.74) is 1.74. The van der Waals surface area contributed by atoms with E-state index in [0.29, 0.717) is 5.41 Å². The molecule has 0 saturated heterocycles. The first kappa shape index (κ1) is 22.1. The normalized spacial score (nSPS) is 8.65. The molecular weight excluding hydrogens is 289 g/mol. The van der Waals surface area contributed by atoms with Crippen LogP contribution >= 0.6 is 0 Å². The fourth-order valence-electron chi connectivity index (χ4n) is 1.11. The fraction of sp³-hybridized carbons (Fsp3) is 0.308. The topological polar surface area (TPSA) is 15.8 Å². The summed E-state index contributed by atoms with van der Waals surface area (Å²) < 4.78 is 0. The summed E-state index contributed by atoms with van der Waals surface area (Å²) in [6.45, 7) is 6.67. The molecule has 0 bridgehead atoms. The van der Waals surface area contributed by atoms with E-state index >= 15 is 0 Å². The Morgan fingerprint density at radius 3 is 1.71 bits per heavy atom. The summed E-state index contributed by atoms with van der Waals surface area (Å²) in [5.74, 6) is 0. The second kappa shape index (κ2) is 11.0. The molecule has 1 N–H and O–H groups in total. The van der Waals surface area contributed by atoms with Gasteiger partial charge < -0.3 is 29.8 Å². The van der Waals surface area contributed by atoms with Gasteiger partial charge in [0.2, 0.25) is 0 Å². The molecule has 0 amide bonds. The summed E-state index contributed by atoms with van der Waals surface area (Å²) in [6, 6.07) is 12.2. The maximum absolute atomic E-state index is 2.74. The molecule has 0 aliphatic heterocycles. The van der Waals surface area contributed by atoms with E-state index in [1.54, 1.807) is 0 Å². The molecule has 2 rings (SSSR count). The van der Waals surface area contributed by atoms with Crippen molar-refractivity contribution in [1.29, 1.82) is 0 Å². The number of rotatable bonds is 0. The van der Waals surface area contributed by atoms with Crippen LogP contribution in [0.2, 0.25) is 0 Å². The molecule has 0 fully saturated rings. The second-order valence-electron chi connectivity index (χ2n) is 4.24. The maximum Gasteiger partial charge on any atom is 4.00 e. The average molecular weight is 306 g/mol. The van der Waals surface area contributed by atoms with E-state index in [1.807, 2.05) is 18.3 Å². The van der Waals surface area contributed by atoms with Crippen molar-refractivity contribution in [2.75, 3.05) is 0 Å². The van der Waals surface area contributed by atoms with Gasteiger partial charge in [-0.1, -0.05) is 26.2 Å². The zero-order chi connectivity index (χ0) is 10.4. The minimum atomic E-state index is 0. The molecule has 0 radical (unpaired) electrons. The average Bonchev–Trinajstić information content (AvgIpc) is 2.80. The van der Waals surface area contributed by atoms with Crippen molar-refractivity contribution >= 4 is 0 Å². The molecule has 1 aromatic carbocycles. The summed E-state index contributed by atoms with van der Waals surface area (Å²) in [6.07, 6.45) is 4.56. The predicted molar refractivity (Wildman–Crippen MR) is 60.4 cm³/mol. The molecule has 0 aliphatic carbocycles. The van der Waals surface area contributed by atoms with Crippen molar-refractivity contribution in [2.45, 2.75) is 26.2 Å². The van der Waals surface area contributed by atoms with Crippen molar-refractivity contribution in [3.8, 4) is 0 Å². The fourth-order valence-corrected chi connectivity index (χ4v) is 1.11. The molecule has 92 valence electrons. The van der Waals surface area contributed by atoms with Gasteiger partial charge in [-0.3, -0.25) is 0 Å². The van der Waals surface area contributed by atoms with Gasteiger partial charge in [0.05, 0.1) is 0 Å². The van der Waals surface area contributed by atoms with Gasteiger partial charge in [-0.05, 0) is 0 Å². The van der Waals surface area contributed by atoms with Gasteiger partial charge in [0.15, 0.2) is 0 Å². The maximum atomic E-state index is 2.74. The first-order valence-electron chi connectivity index (χ1n) is 4.82. The molecule has 1 aromatic heterocycles. The Morgan fingerprint density at radius 1 is 1.00 bits per heavy atom. The van der Waals surface area contributed by atoms with E-state index in [0.717, 1.165) is 0 Å². The van der Waals surface area contributed by atoms with E-state index in [1.165, 1.54) is 5.56 Å². The van der Waals surface area contributed by atoms with Gasteiger partial charge in [-0.15, -0.1) is 6.20 Å². The van der Waals surface area contributed by atoms with Crippen LogP contribution in [0.25, 0.3) is 0 Å². The zero-order valence-electron chi connectivity index (χ0n) is 10.3. The van der Waals surface area contributed by atoms with Crippen molar-refractivity contribution in [1.82, 2.24) is 4.98 Å². The number of hydrogen-bond acceptors (Lipinski definition) is 0. The van der Waals surface area contributed by atoms with Crippen molar-refractivity contribution < 1.29 is 46.5 Å². The monoisotopic (exact) mass is 305 g/mol. The van der Waals surface area contributed by atoms with Crippen molar-refractivity contribution in [2.24, 2.45) is 0 Å². The molecule has 0 aliphatic rings. The quantitative estimate of drug-likeness (QED) is 0.410. The molecule has 1 heterocycles. The van der Waals surface area contributed by atoms with Crippen molar-refractivity contribution in [3.63, 3.8) is 0 Å². The first-order valence-corrected chi connectivity index (χ1v) is 4.82. The predicted octanol–water partition coefficient (Wildman–Crippen LogP) is -2.48. The Kier molecular flexibility index (Phi) is 14.4. The molecule has 1 nitrogen and oxygen atoms in total. The van der Waals surface area contributed by atoms with Gasteiger partial charge >= 0.3 is 21.7 Å². The van der Waals surface area contributed by atoms with E-state index in [2.05, 4.69) is 56.2 Å². The third-order valence-corrected chi connectivity index (χ3v) is 1.97. The number of H-pyrrole nitrogens is 1. The number of aromatic nitrogens is 1. The van der Waals surface area contributed by atoms with Crippen LogP contribution in [0.5, 0.6) is 0 Å². The standard InChI is InChI=1S/C9H13.C4H4N.2ClH.Ti/c1-9(2,3)8-6-4-5-7-8;1-2-4-5-3-1;;;/h4-7H,1-3H3;1-3,5H;2*1H;/q2*-1;;;+4/p-2. The minimum absolute atomic E-state index is 0. The number of nitrogens with one attached hydrogen (secondary N) is 1. The molecule has 17 heavy (non-hydrogen) atoms. The van der Waals surface area contributed by atoms with Crippen LogP contribution in [0.4, 0.5) is 0 Å². The smallest absolute Gasteiger partial charge is 1.00 e. The molecule has 0 spiro atoms. The SMILES string of the molecule is CC(C)(C)[c-]1cccc1.[Cl-].[Cl-].[Ti+4].[c-]1ccc[nH]1. The van der Waals surface area contributed by atoms with Gasteiger partial charge in [0.1, 0.15) is 0 Å². The third-order valence-electron chi connectivity index (χ3n) is 1.97. The first-order chi connectivity index (χ1) is 6.61. The van der Waals surface area contributed by atoms with Crippen LogP contribution in [0, 0.1) is 6.20 Å². The number of hydrogen-bond donors (Lipinski definition) is 1. The van der Waals surface area contributed by atoms with Crippen LogP contribution < -0.4 is 24.8 Å². The molecule has 0 saturated carbocycles. The Bertz CT molecular complexity index is 305. The zero-order valence-corrected chi connectivity index (χ0v) is 13.4. The van der Waals surface area contributed by atoms with Gasteiger partial charge in [0.25, 0.3) is 0 Å². The van der Waals surface area contributed by atoms with E-state index in [4.69, 9.17) is 0 Å². The van der Waals surface area contributed by atoms with Gasteiger partial charge in [-0.25, -0.2) is 12.1 Å². The summed E-state index contributed by atoms with van der Waals surface area (Å²) in [5, 5.41) is 0. The van der Waals surface area contributed by atoms with E-state index in [9.17, 15) is 0 Å². The van der Waals surface area contributed by atoms with Crippen LogP contribution in [-0.2, 0) is 27.1 Å². The van der Waals surface area contributed by atoms with Crippen LogP contribution in [0.1, 0.15) is 26.3 Å². The van der Waals surface area contributed by atoms with Crippen LogP contribution in [0.3, 0.4) is 0 Å². The largest absolute Gasteiger partial charge is 4.00 e. The van der Waals surface area contributed by atoms with Gasteiger partial charge in [0, 0.05) is 0 Å². The molecule has 2 aromatic rings. The molecule has 4 heteroatoms. The Balaban J connectivity index is -0.000000216. The Labute approximate surface area is 131 Å². The minimum Gasteiger partial charge on any atom is -1.00 e. The molecular formula is C13H17Cl2NTi. The Hall–Kier alpha value is -0.0757. The van der Waals surface area contributed by atoms with E-state index in [-0.39, 0.29) is 46.5 Å². The summed E-state index contributed by atoms with van der Waals surface area (Å²) in [7, 11) is 0. The molecule has 0 atom stereocenters. The summed E-state index contributed by atoms with van der Waals surface area (Å²) >= 11 is 0. The van der Waals surface area contributed by atoms with Crippen molar-refractivity contribution in [3.05, 3.63) is 54.4 Å². The van der Waals surface area contributed by atoms with Crippen LogP contribution in [-0.4, -0.2) is 4.98 Å². The molecule has 0 unspecified atom stereocenters. The van der Waals surface area contributed by atoms with E-state index < -0.39 is 0 Å². The Morgan fingerprint density at radius 2 is 1.53 bits per heavy atom.